The summed E-state index contributed by atoms with van der Waals surface area (Å²) in [6, 6.07) is 17.4. The maximum Gasteiger partial charge on any atom is 0.267 e. The Balaban J connectivity index is 1.96. The molecule has 2 heterocycles. The zero-order chi connectivity index (χ0) is 18.8. The van der Waals surface area contributed by atoms with Crippen LogP contribution >= 0.6 is 11.8 Å². The van der Waals surface area contributed by atoms with Gasteiger partial charge < -0.3 is 0 Å². The van der Waals surface area contributed by atoms with Gasteiger partial charge in [-0.05, 0) is 37.6 Å². The highest BCUT2D eigenvalue weighted by Crippen LogP contribution is 2.23. The standard InChI is InChI=1S/C20H17N5OS/c1-14-8-10-15(11-9-14)24-18(26)16-6-2-3-7-17(16)25-19(24)22-23-20(25)27-13-5-4-12-21/h2-3,6-11H,4-5,13H2,1H3. The average molecular weight is 375 g/mol. The summed E-state index contributed by atoms with van der Waals surface area (Å²) in [4.78, 5) is 13.2. The van der Waals surface area contributed by atoms with Crippen molar-refractivity contribution in [1.29, 1.82) is 5.26 Å². The fraction of sp³-hybridized carbons (Fsp3) is 0.200. The summed E-state index contributed by atoms with van der Waals surface area (Å²) in [6.07, 6.45) is 1.30. The van der Waals surface area contributed by atoms with Gasteiger partial charge in [-0.3, -0.25) is 9.20 Å². The van der Waals surface area contributed by atoms with Gasteiger partial charge in [0, 0.05) is 12.2 Å². The van der Waals surface area contributed by atoms with E-state index in [4.69, 9.17) is 5.26 Å². The Morgan fingerprint density at radius 1 is 1.11 bits per heavy atom. The lowest BCUT2D eigenvalue weighted by molar-refractivity contribution is 0.919. The molecule has 7 heteroatoms. The number of hydrogen-bond donors (Lipinski definition) is 0. The lowest BCUT2D eigenvalue weighted by Crippen LogP contribution is -2.21. The number of aromatic nitrogens is 4. The summed E-state index contributed by atoms with van der Waals surface area (Å²) in [6.45, 7) is 2.01. The van der Waals surface area contributed by atoms with Crippen LogP contribution < -0.4 is 5.56 Å². The Kier molecular flexibility index (Phi) is 4.65. The van der Waals surface area contributed by atoms with E-state index < -0.39 is 0 Å². The highest BCUT2D eigenvalue weighted by molar-refractivity contribution is 7.99. The van der Waals surface area contributed by atoms with Gasteiger partial charge in [0.1, 0.15) is 0 Å². The summed E-state index contributed by atoms with van der Waals surface area (Å²) in [7, 11) is 0. The van der Waals surface area contributed by atoms with Crippen molar-refractivity contribution in [1.82, 2.24) is 19.2 Å². The highest BCUT2D eigenvalue weighted by atomic mass is 32.2. The van der Waals surface area contributed by atoms with E-state index in [1.54, 1.807) is 16.3 Å². The number of nitrogens with zero attached hydrogens (tertiary/aromatic N) is 5. The first-order valence-electron chi connectivity index (χ1n) is 8.66. The molecule has 0 aliphatic rings. The van der Waals surface area contributed by atoms with Gasteiger partial charge in [-0.15, -0.1) is 10.2 Å². The van der Waals surface area contributed by atoms with Crippen molar-refractivity contribution in [3.63, 3.8) is 0 Å². The molecule has 134 valence electrons. The molecule has 0 saturated carbocycles. The van der Waals surface area contributed by atoms with Gasteiger partial charge in [-0.25, -0.2) is 4.57 Å². The fourth-order valence-electron chi connectivity index (χ4n) is 3.01. The topological polar surface area (TPSA) is 76.0 Å². The minimum absolute atomic E-state index is 0.115. The third kappa shape index (κ3) is 3.09. The number of aryl methyl sites for hydroxylation is 1. The Bertz CT molecular complexity index is 1220. The van der Waals surface area contributed by atoms with E-state index in [0.717, 1.165) is 34.1 Å². The third-order valence-corrected chi connectivity index (χ3v) is 5.37. The normalized spacial score (nSPS) is 11.1. The van der Waals surface area contributed by atoms with E-state index in [0.29, 0.717) is 17.6 Å². The van der Waals surface area contributed by atoms with Crippen molar-refractivity contribution in [2.75, 3.05) is 5.75 Å². The van der Waals surface area contributed by atoms with Crippen LogP contribution in [0.3, 0.4) is 0 Å². The molecule has 0 aliphatic carbocycles. The van der Waals surface area contributed by atoms with E-state index in [2.05, 4.69) is 16.3 Å². The number of benzene rings is 2. The summed E-state index contributed by atoms with van der Waals surface area (Å²) >= 11 is 1.55. The van der Waals surface area contributed by atoms with Crippen LogP contribution in [-0.2, 0) is 0 Å². The van der Waals surface area contributed by atoms with Gasteiger partial charge in [-0.2, -0.15) is 5.26 Å². The predicted octanol–water partition coefficient (Wildman–Crippen LogP) is 3.74. The quantitative estimate of drug-likeness (QED) is 0.392. The second-order valence-corrected chi connectivity index (χ2v) is 7.28. The van der Waals surface area contributed by atoms with Crippen molar-refractivity contribution in [2.45, 2.75) is 24.9 Å². The second kappa shape index (κ2) is 7.25. The fourth-order valence-corrected chi connectivity index (χ4v) is 3.89. The van der Waals surface area contributed by atoms with Crippen LogP contribution in [0.5, 0.6) is 0 Å². The zero-order valence-corrected chi connectivity index (χ0v) is 15.6. The summed E-state index contributed by atoms with van der Waals surface area (Å²) in [5, 5.41) is 18.7. The minimum Gasteiger partial charge on any atom is -0.268 e. The Morgan fingerprint density at radius 2 is 1.89 bits per heavy atom. The Labute approximate surface area is 160 Å². The van der Waals surface area contributed by atoms with Crippen LogP contribution in [0.15, 0.2) is 58.5 Å². The van der Waals surface area contributed by atoms with Gasteiger partial charge >= 0.3 is 0 Å². The minimum atomic E-state index is -0.115. The first kappa shape index (κ1) is 17.3. The first-order chi connectivity index (χ1) is 13.2. The molecule has 0 saturated heterocycles. The van der Waals surface area contributed by atoms with Crippen molar-refractivity contribution in [3.8, 4) is 11.8 Å². The van der Waals surface area contributed by atoms with Crippen molar-refractivity contribution in [2.24, 2.45) is 0 Å². The summed E-state index contributed by atoms with van der Waals surface area (Å²) in [5.41, 5.74) is 2.55. The number of hydrogen-bond acceptors (Lipinski definition) is 5. The van der Waals surface area contributed by atoms with E-state index in [9.17, 15) is 4.79 Å². The lowest BCUT2D eigenvalue weighted by atomic mass is 10.2. The molecule has 0 atom stereocenters. The molecular weight excluding hydrogens is 358 g/mol. The molecule has 2 aromatic carbocycles. The van der Waals surface area contributed by atoms with E-state index in [1.165, 1.54) is 0 Å². The van der Waals surface area contributed by atoms with Crippen molar-refractivity contribution in [3.05, 3.63) is 64.4 Å². The number of fused-ring (bicyclic) bond motifs is 3. The Hall–Kier alpha value is -3.11. The van der Waals surface area contributed by atoms with E-state index >= 15 is 0 Å². The second-order valence-electron chi connectivity index (χ2n) is 6.22. The number of para-hydroxylation sites is 1. The highest BCUT2D eigenvalue weighted by Gasteiger charge is 2.17. The molecule has 4 aromatic rings. The first-order valence-corrected chi connectivity index (χ1v) is 9.65. The van der Waals surface area contributed by atoms with Gasteiger partial charge in [0.05, 0.1) is 22.7 Å². The molecule has 27 heavy (non-hydrogen) atoms. The van der Waals surface area contributed by atoms with Gasteiger partial charge in [-0.1, -0.05) is 41.6 Å². The molecule has 0 unspecified atom stereocenters. The predicted molar refractivity (Wildman–Crippen MR) is 106 cm³/mol. The van der Waals surface area contributed by atoms with Crippen LogP contribution in [0.1, 0.15) is 18.4 Å². The summed E-state index contributed by atoms with van der Waals surface area (Å²) in [5.74, 6) is 1.26. The average Bonchev–Trinajstić information content (AvgIpc) is 3.10. The number of unbranched alkanes of at least 4 members (excludes halogenated alkanes) is 1. The summed E-state index contributed by atoms with van der Waals surface area (Å²) < 4.78 is 3.53. The van der Waals surface area contributed by atoms with Gasteiger partial charge in [0.25, 0.3) is 5.56 Å². The maximum absolute atomic E-state index is 13.2. The van der Waals surface area contributed by atoms with Crippen LogP contribution in [0.25, 0.3) is 22.4 Å². The molecule has 0 bridgehead atoms. The smallest absolute Gasteiger partial charge is 0.267 e. The van der Waals surface area contributed by atoms with Gasteiger partial charge in [0.2, 0.25) is 5.78 Å². The van der Waals surface area contributed by atoms with Crippen molar-refractivity contribution >= 4 is 28.4 Å². The number of rotatable bonds is 5. The lowest BCUT2D eigenvalue weighted by Gasteiger charge is -2.11. The number of nitriles is 1. The van der Waals surface area contributed by atoms with E-state index in [-0.39, 0.29) is 5.56 Å². The van der Waals surface area contributed by atoms with Crippen LogP contribution in [0.2, 0.25) is 0 Å². The molecule has 0 fully saturated rings. The van der Waals surface area contributed by atoms with Crippen LogP contribution in [0, 0.1) is 18.3 Å². The molecular formula is C20H17N5OS. The maximum atomic E-state index is 13.2. The molecule has 0 spiro atoms. The van der Waals surface area contributed by atoms with Crippen LogP contribution in [-0.4, -0.2) is 24.9 Å². The monoisotopic (exact) mass is 375 g/mol. The largest absolute Gasteiger partial charge is 0.268 e. The molecule has 2 aromatic heterocycles. The van der Waals surface area contributed by atoms with Crippen LogP contribution in [0.4, 0.5) is 0 Å². The molecule has 0 N–H and O–H groups in total. The molecule has 6 nitrogen and oxygen atoms in total. The SMILES string of the molecule is Cc1ccc(-n2c(=O)c3ccccc3n3c(SCCCC#N)nnc23)cc1. The molecule has 0 aliphatic heterocycles. The zero-order valence-electron chi connectivity index (χ0n) is 14.8. The molecule has 0 radical (unpaired) electrons. The van der Waals surface area contributed by atoms with Gasteiger partial charge in [0.15, 0.2) is 5.16 Å². The number of thioether (sulfide) groups is 1. The molecule has 4 rings (SSSR count). The van der Waals surface area contributed by atoms with E-state index in [1.807, 2.05) is 59.9 Å². The Morgan fingerprint density at radius 3 is 2.67 bits per heavy atom. The third-order valence-electron chi connectivity index (χ3n) is 4.35. The van der Waals surface area contributed by atoms with Crippen molar-refractivity contribution < 1.29 is 0 Å². The molecule has 0 amide bonds.